The minimum atomic E-state index is -4.36. The summed E-state index contributed by atoms with van der Waals surface area (Å²) in [6.07, 6.45) is 2.37. The van der Waals surface area contributed by atoms with Crippen LogP contribution in [0.15, 0.2) is 0 Å². The molecule has 1 unspecified atom stereocenters. The average Bonchev–Trinajstić information content (AvgIpc) is 1.84. The maximum Gasteiger partial charge on any atom is 0.491 e. The van der Waals surface area contributed by atoms with Gasteiger partial charge in [0.1, 0.15) is 5.75 Å². The van der Waals surface area contributed by atoms with Gasteiger partial charge in [-0.05, 0) is 12.8 Å². The first-order valence-electron chi connectivity index (χ1n) is 3.60. The summed E-state index contributed by atoms with van der Waals surface area (Å²) in [5.41, 5.74) is -4.36. The van der Waals surface area contributed by atoms with Gasteiger partial charge in [-0.15, -0.1) is 0 Å². The molecule has 0 fully saturated rings. The molecule has 0 spiro atoms. The van der Waals surface area contributed by atoms with Crippen LogP contribution in [0.5, 0.6) is 0 Å². The summed E-state index contributed by atoms with van der Waals surface area (Å²) in [5, 5.41) is 0. The van der Waals surface area contributed by atoms with Crippen LogP contribution in [0.1, 0.15) is 26.2 Å². The Hall–Kier alpha value is 0.450. The van der Waals surface area contributed by atoms with Crippen LogP contribution >= 0.6 is 10.8 Å². The molecule has 1 atom stereocenters. The number of halogens is 3. The molecule has 0 aromatic heterocycles. The van der Waals surface area contributed by atoms with Gasteiger partial charge in [0.25, 0.3) is 0 Å². The van der Waals surface area contributed by atoms with E-state index in [9.17, 15) is 17.7 Å². The zero-order valence-electron chi connectivity index (χ0n) is 6.69. The second-order valence-corrected chi connectivity index (χ2v) is 5.50. The maximum atomic E-state index is 11.6. The van der Waals surface area contributed by atoms with E-state index in [0.29, 0.717) is 6.42 Å². The summed E-state index contributed by atoms with van der Waals surface area (Å²) in [4.78, 5) is 0. The Bertz CT molecular complexity index is 118. The fourth-order valence-electron chi connectivity index (χ4n) is 0.617. The third kappa shape index (κ3) is 8.55. The van der Waals surface area contributed by atoms with Gasteiger partial charge in [-0.2, -0.15) is 13.2 Å². The topological polar surface area (TPSA) is 23.1 Å². The van der Waals surface area contributed by atoms with Crippen LogP contribution in [0.25, 0.3) is 0 Å². The van der Waals surface area contributed by atoms with E-state index in [0.717, 1.165) is 12.8 Å². The highest BCUT2D eigenvalue weighted by atomic mass is 33.1. The first-order chi connectivity index (χ1) is 5.45. The largest absolute Gasteiger partial charge is 0.605 e. The van der Waals surface area contributed by atoms with E-state index in [1.165, 1.54) is 0 Å². The highest BCUT2D eigenvalue weighted by Crippen LogP contribution is 2.35. The van der Waals surface area contributed by atoms with Crippen LogP contribution in [-0.4, -0.2) is 15.8 Å². The Kier molecular flexibility index (Phi) is 6.21. The molecule has 0 saturated carbocycles. The van der Waals surface area contributed by atoms with E-state index in [1.807, 2.05) is 6.92 Å². The number of unbranched alkanes of at least 4 members (excludes halogenated alkanes) is 2. The predicted molar refractivity (Wildman–Crippen MR) is 46.2 cm³/mol. The van der Waals surface area contributed by atoms with Crippen molar-refractivity contribution in [2.45, 2.75) is 31.7 Å². The van der Waals surface area contributed by atoms with Gasteiger partial charge in [0, 0.05) is 10.2 Å². The van der Waals surface area contributed by atoms with Crippen molar-refractivity contribution in [3.8, 4) is 0 Å². The number of hydrogen-bond acceptors (Lipinski definition) is 2. The molecule has 0 aromatic rings. The lowest BCUT2D eigenvalue weighted by Gasteiger charge is -2.09. The van der Waals surface area contributed by atoms with E-state index >= 15 is 0 Å². The zero-order valence-corrected chi connectivity index (χ0v) is 8.32. The Morgan fingerprint density at radius 3 is 2.33 bits per heavy atom. The van der Waals surface area contributed by atoms with Gasteiger partial charge >= 0.3 is 5.51 Å². The van der Waals surface area contributed by atoms with Crippen molar-refractivity contribution >= 4 is 21.0 Å². The summed E-state index contributed by atoms with van der Waals surface area (Å²) in [6.45, 7) is 1.94. The Morgan fingerprint density at radius 1 is 1.33 bits per heavy atom. The Labute approximate surface area is 76.7 Å². The lowest BCUT2D eigenvalue weighted by molar-refractivity contribution is -0.0312. The van der Waals surface area contributed by atoms with Crippen molar-refractivity contribution < 1.29 is 17.7 Å². The molecule has 0 aliphatic rings. The molecule has 6 heteroatoms. The van der Waals surface area contributed by atoms with E-state index in [1.54, 1.807) is 0 Å². The third-order valence-electron chi connectivity index (χ3n) is 1.10. The maximum absolute atomic E-state index is 11.6. The lowest BCUT2D eigenvalue weighted by atomic mass is 10.3. The highest BCUT2D eigenvalue weighted by molar-refractivity contribution is 8.72. The van der Waals surface area contributed by atoms with Crippen LogP contribution in [0.2, 0.25) is 0 Å². The van der Waals surface area contributed by atoms with Gasteiger partial charge in [0.05, 0.1) is 0 Å². The normalized spacial score (nSPS) is 14.8. The smallest absolute Gasteiger partial charge is 0.491 e. The molecule has 74 valence electrons. The summed E-state index contributed by atoms with van der Waals surface area (Å²) in [5.74, 6) is 0.137. The second-order valence-electron chi connectivity index (χ2n) is 2.24. The van der Waals surface area contributed by atoms with Crippen LogP contribution < -0.4 is 0 Å². The van der Waals surface area contributed by atoms with Crippen molar-refractivity contribution in [3.63, 3.8) is 0 Å². The quantitative estimate of drug-likeness (QED) is 0.403. The molecule has 0 amide bonds. The van der Waals surface area contributed by atoms with Gasteiger partial charge < -0.3 is 4.55 Å². The first-order valence-corrected chi connectivity index (χ1v) is 6.25. The van der Waals surface area contributed by atoms with Gasteiger partial charge in [-0.3, -0.25) is 0 Å². The van der Waals surface area contributed by atoms with Crippen molar-refractivity contribution in [1.29, 1.82) is 0 Å². The van der Waals surface area contributed by atoms with Crippen LogP contribution in [0.4, 0.5) is 13.2 Å². The third-order valence-corrected chi connectivity index (χ3v) is 3.72. The molecule has 12 heavy (non-hydrogen) atoms. The van der Waals surface area contributed by atoms with Crippen molar-refractivity contribution in [2.75, 3.05) is 5.75 Å². The van der Waals surface area contributed by atoms with Crippen LogP contribution in [-0.2, 0) is 10.2 Å². The van der Waals surface area contributed by atoms with E-state index in [4.69, 9.17) is 0 Å². The van der Waals surface area contributed by atoms with Crippen molar-refractivity contribution in [2.24, 2.45) is 0 Å². The Morgan fingerprint density at radius 2 is 1.92 bits per heavy atom. The summed E-state index contributed by atoms with van der Waals surface area (Å²) >= 11 is 0. The number of rotatable bonds is 5. The predicted octanol–water partition coefficient (Wildman–Crippen LogP) is 3.09. The summed E-state index contributed by atoms with van der Waals surface area (Å²) < 4.78 is 45.4. The molecule has 0 heterocycles. The molecule has 0 radical (unpaired) electrons. The molecule has 0 rings (SSSR count). The number of hydrogen-bond donors (Lipinski definition) is 0. The summed E-state index contributed by atoms with van der Waals surface area (Å²) in [6, 6.07) is 0. The minimum Gasteiger partial charge on any atom is -0.605 e. The van der Waals surface area contributed by atoms with Gasteiger partial charge in [0.15, 0.2) is 0 Å². The lowest BCUT2D eigenvalue weighted by Crippen LogP contribution is -2.10. The molecule has 0 aliphatic carbocycles. The fourth-order valence-corrected chi connectivity index (χ4v) is 2.59. The molecule has 1 nitrogen and oxygen atoms in total. The molecule has 0 aromatic carbocycles. The fraction of sp³-hybridized carbons (Fsp3) is 1.00. The Balaban J connectivity index is 3.40. The molecule has 0 aliphatic heterocycles. The van der Waals surface area contributed by atoms with Gasteiger partial charge in [-0.1, -0.05) is 13.3 Å². The van der Waals surface area contributed by atoms with E-state index in [2.05, 4.69) is 0 Å². The van der Waals surface area contributed by atoms with Crippen LogP contribution in [0, 0.1) is 0 Å². The second kappa shape index (κ2) is 5.99. The average molecular weight is 220 g/mol. The molecule has 0 N–H and O–H groups in total. The standard InChI is InChI=1S/C6H11F3OS2/c1-2-3-4-5-12(10)11-6(7,8)9/h2-5H2,1H3. The van der Waals surface area contributed by atoms with E-state index in [-0.39, 0.29) is 5.75 Å². The van der Waals surface area contributed by atoms with Crippen LogP contribution in [0.3, 0.4) is 0 Å². The van der Waals surface area contributed by atoms with Gasteiger partial charge in [0.2, 0.25) is 10.8 Å². The molecule has 0 bridgehead atoms. The SMILES string of the molecule is CCCCC[S+]([O-])SC(F)(F)F. The number of alkyl halides is 3. The highest BCUT2D eigenvalue weighted by Gasteiger charge is 2.37. The zero-order chi connectivity index (χ0) is 9.61. The first kappa shape index (κ1) is 12.4. The molecule has 0 saturated heterocycles. The summed E-state index contributed by atoms with van der Waals surface area (Å²) in [7, 11) is -2.22. The van der Waals surface area contributed by atoms with Gasteiger partial charge in [-0.25, -0.2) is 0 Å². The van der Waals surface area contributed by atoms with E-state index < -0.39 is 26.5 Å². The molecular weight excluding hydrogens is 209 g/mol. The van der Waals surface area contributed by atoms with Crippen molar-refractivity contribution in [3.05, 3.63) is 0 Å². The monoisotopic (exact) mass is 220 g/mol. The molecular formula is C6H11F3OS2. The van der Waals surface area contributed by atoms with Crippen molar-refractivity contribution in [1.82, 2.24) is 0 Å². The minimum absolute atomic E-state index is 0.137.